The normalized spacial score (nSPS) is 10.5. The van der Waals surface area contributed by atoms with Crippen LogP contribution in [0, 0.1) is 13.8 Å². The highest BCUT2D eigenvalue weighted by atomic mass is 16.4. The minimum absolute atomic E-state index is 0.129. The summed E-state index contributed by atoms with van der Waals surface area (Å²) >= 11 is 0. The smallest absolute Gasteiger partial charge is 0.353 e. The fourth-order valence-corrected chi connectivity index (χ4v) is 1.79. The second-order valence-corrected chi connectivity index (χ2v) is 4.16. The molecule has 2 rings (SSSR count). The van der Waals surface area contributed by atoms with E-state index >= 15 is 0 Å². The summed E-state index contributed by atoms with van der Waals surface area (Å²) in [6.07, 6.45) is 1.97. The summed E-state index contributed by atoms with van der Waals surface area (Å²) in [5.74, 6) is -0.307. The summed E-state index contributed by atoms with van der Waals surface area (Å²) in [6.45, 7) is 4.09. The summed E-state index contributed by atoms with van der Waals surface area (Å²) in [4.78, 5) is 17.6. The van der Waals surface area contributed by atoms with E-state index in [0.717, 1.165) is 5.56 Å². The Balaban J connectivity index is 2.22. The van der Waals surface area contributed by atoms with E-state index in [4.69, 9.17) is 5.11 Å². The Morgan fingerprint density at radius 3 is 2.76 bits per heavy atom. The van der Waals surface area contributed by atoms with Crippen molar-refractivity contribution in [3.05, 3.63) is 52.6 Å². The highest BCUT2D eigenvalue weighted by Gasteiger charge is 2.08. The predicted molar refractivity (Wildman–Crippen MR) is 64.3 cm³/mol. The van der Waals surface area contributed by atoms with Crippen molar-refractivity contribution in [2.45, 2.75) is 20.3 Å². The van der Waals surface area contributed by atoms with Gasteiger partial charge in [-0.15, -0.1) is 0 Å². The summed E-state index contributed by atoms with van der Waals surface area (Å²) < 4.78 is 0. The number of benzene rings is 1. The van der Waals surface area contributed by atoms with Crippen LogP contribution < -0.4 is 0 Å². The lowest BCUT2D eigenvalue weighted by Crippen LogP contribution is -1.98. The number of hydrogen-bond donors (Lipinski definition) is 2. The average molecular weight is 230 g/mol. The number of hydrogen-bond acceptors (Lipinski definition) is 2. The second-order valence-electron chi connectivity index (χ2n) is 4.16. The molecule has 2 aromatic rings. The van der Waals surface area contributed by atoms with Crippen molar-refractivity contribution in [1.29, 1.82) is 0 Å². The third-order valence-corrected chi connectivity index (χ3v) is 2.71. The molecule has 4 nitrogen and oxygen atoms in total. The van der Waals surface area contributed by atoms with Gasteiger partial charge in [-0.25, -0.2) is 9.78 Å². The minimum atomic E-state index is -0.982. The fraction of sp³-hybridized carbons (Fsp3) is 0.231. The number of nitrogens with zero attached hydrogens (tertiary/aromatic N) is 1. The van der Waals surface area contributed by atoms with Crippen molar-refractivity contribution in [2.75, 3.05) is 0 Å². The van der Waals surface area contributed by atoms with Crippen LogP contribution in [0.25, 0.3) is 0 Å². The van der Waals surface area contributed by atoms with Gasteiger partial charge in [-0.05, 0) is 25.0 Å². The summed E-state index contributed by atoms with van der Waals surface area (Å²) in [6, 6.07) is 6.20. The van der Waals surface area contributed by atoms with Crippen molar-refractivity contribution in [2.24, 2.45) is 0 Å². The number of imidazole rings is 1. The molecule has 1 aromatic heterocycles. The van der Waals surface area contributed by atoms with Crippen LogP contribution >= 0.6 is 0 Å². The molecule has 17 heavy (non-hydrogen) atoms. The van der Waals surface area contributed by atoms with Crippen molar-refractivity contribution in [3.63, 3.8) is 0 Å². The maximum atomic E-state index is 10.7. The van der Waals surface area contributed by atoms with Crippen LogP contribution in [0.4, 0.5) is 0 Å². The Kier molecular flexibility index (Phi) is 2.95. The lowest BCUT2D eigenvalue weighted by atomic mass is 10.0. The molecular formula is C13H14N2O2. The predicted octanol–water partition coefficient (Wildman–Crippen LogP) is 2.32. The van der Waals surface area contributed by atoms with Crippen LogP contribution in [0.1, 0.15) is 33.0 Å². The first-order chi connectivity index (χ1) is 8.06. The van der Waals surface area contributed by atoms with Gasteiger partial charge in [-0.2, -0.15) is 0 Å². The Morgan fingerprint density at radius 1 is 1.41 bits per heavy atom. The molecule has 1 heterocycles. The summed E-state index contributed by atoms with van der Waals surface area (Å²) in [5, 5.41) is 8.78. The van der Waals surface area contributed by atoms with Crippen LogP contribution in [0.15, 0.2) is 24.4 Å². The number of aryl methyl sites for hydroxylation is 2. The summed E-state index contributed by atoms with van der Waals surface area (Å²) in [7, 11) is 0. The van der Waals surface area contributed by atoms with Gasteiger partial charge in [0.25, 0.3) is 0 Å². The van der Waals surface area contributed by atoms with Crippen molar-refractivity contribution >= 4 is 5.97 Å². The average Bonchev–Trinajstić information content (AvgIpc) is 2.71. The van der Waals surface area contributed by atoms with Gasteiger partial charge in [0.1, 0.15) is 11.5 Å². The molecule has 0 spiro atoms. The Bertz CT molecular complexity index is 558. The van der Waals surface area contributed by atoms with Crippen LogP contribution in [-0.4, -0.2) is 21.0 Å². The van der Waals surface area contributed by atoms with Gasteiger partial charge in [0.15, 0.2) is 0 Å². The molecule has 0 bridgehead atoms. The van der Waals surface area contributed by atoms with Gasteiger partial charge in [-0.1, -0.05) is 23.8 Å². The third-order valence-electron chi connectivity index (χ3n) is 2.71. The molecule has 0 radical (unpaired) electrons. The third kappa shape index (κ3) is 2.53. The molecule has 0 aliphatic heterocycles. The van der Waals surface area contributed by atoms with Gasteiger partial charge >= 0.3 is 5.97 Å². The molecule has 2 N–H and O–H groups in total. The van der Waals surface area contributed by atoms with Crippen molar-refractivity contribution in [1.82, 2.24) is 9.97 Å². The van der Waals surface area contributed by atoms with E-state index in [1.165, 1.54) is 17.3 Å². The Morgan fingerprint density at radius 2 is 2.18 bits per heavy atom. The van der Waals surface area contributed by atoms with Gasteiger partial charge in [0.05, 0.1) is 6.20 Å². The van der Waals surface area contributed by atoms with E-state index in [2.05, 4.69) is 16.0 Å². The monoisotopic (exact) mass is 230 g/mol. The van der Waals surface area contributed by atoms with Crippen molar-refractivity contribution < 1.29 is 9.90 Å². The van der Waals surface area contributed by atoms with E-state index in [0.29, 0.717) is 12.2 Å². The second kappa shape index (κ2) is 4.41. The van der Waals surface area contributed by atoms with Gasteiger partial charge in [0.2, 0.25) is 0 Å². The topological polar surface area (TPSA) is 66.0 Å². The number of aromatic amines is 1. The minimum Gasteiger partial charge on any atom is -0.477 e. The van der Waals surface area contributed by atoms with E-state index < -0.39 is 5.97 Å². The highest BCUT2D eigenvalue weighted by Crippen LogP contribution is 2.14. The SMILES string of the molecule is Cc1ccc(Cc2ncc(C(=O)O)[nH]2)c(C)c1. The Labute approximate surface area is 99.3 Å². The number of aromatic carboxylic acids is 1. The van der Waals surface area contributed by atoms with E-state index in [9.17, 15) is 4.79 Å². The molecule has 0 fully saturated rings. The lowest BCUT2D eigenvalue weighted by Gasteiger charge is -2.04. The number of aromatic nitrogens is 2. The molecule has 0 saturated carbocycles. The molecule has 0 saturated heterocycles. The van der Waals surface area contributed by atoms with E-state index in [-0.39, 0.29) is 5.69 Å². The van der Waals surface area contributed by atoms with Crippen LogP contribution in [0.5, 0.6) is 0 Å². The number of carbonyl (C=O) groups is 1. The van der Waals surface area contributed by atoms with Gasteiger partial charge in [0, 0.05) is 6.42 Å². The molecule has 0 atom stereocenters. The van der Waals surface area contributed by atoms with Crippen LogP contribution in [-0.2, 0) is 6.42 Å². The molecule has 0 aliphatic rings. The lowest BCUT2D eigenvalue weighted by molar-refractivity contribution is 0.0691. The van der Waals surface area contributed by atoms with Crippen molar-refractivity contribution in [3.8, 4) is 0 Å². The standard InChI is InChI=1S/C13H14N2O2/c1-8-3-4-10(9(2)5-8)6-12-14-7-11(15-12)13(16)17/h3-5,7H,6H2,1-2H3,(H,14,15)(H,16,17). The number of H-pyrrole nitrogens is 1. The van der Waals surface area contributed by atoms with Crippen LogP contribution in [0.3, 0.4) is 0 Å². The van der Waals surface area contributed by atoms with Crippen LogP contribution in [0.2, 0.25) is 0 Å². The maximum absolute atomic E-state index is 10.7. The molecule has 0 unspecified atom stereocenters. The van der Waals surface area contributed by atoms with Gasteiger partial charge in [-0.3, -0.25) is 0 Å². The molecule has 0 aliphatic carbocycles. The number of nitrogens with one attached hydrogen (secondary N) is 1. The van der Waals surface area contributed by atoms with E-state index in [1.54, 1.807) is 0 Å². The zero-order chi connectivity index (χ0) is 12.4. The number of carboxylic acids is 1. The molecular weight excluding hydrogens is 216 g/mol. The molecule has 4 heteroatoms. The maximum Gasteiger partial charge on any atom is 0.353 e. The molecule has 1 aromatic carbocycles. The highest BCUT2D eigenvalue weighted by molar-refractivity contribution is 5.85. The first-order valence-corrected chi connectivity index (χ1v) is 5.39. The number of carboxylic acid groups (broad SMARTS) is 1. The fourth-order valence-electron chi connectivity index (χ4n) is 1.79. The quantitative estimate of drug-likeness (QED) is 0.850. The summed E-state index contributed by atoms with van der Waals surface area (Å²) in [5.41, 5.74) is 3.70. The zero-order valence-corrected chi connectivity index (χ0v) is 9.82. The van der Waals surface area contributed by atoms with Gasteiger partial charge < -0.3 is 10.1 Å². The molecule has 0 amide bonds. The van der Waals surface area contributed by atoms with E-state index in [1.807, 2.05) is 26.0 Å². The zero-order valence-electron chi connectivity index (χ0n) is 9.82. The first kappa shape index (κ1) is 11.4. The largest absolute Gasteiger partial charge is 0.477 e. The molecule has 88 valence electrons. The first-order valence-electron chi connectivity index (χ1n) is 5.39. The Hall–Kier alpha value is -2.10. The number of rotatable bonds is 3.